The van der Waals surface area contributed by atoms with Crippen LogP contribution in [-0.2, 0) is 6.54 Å². The fourth-order valence-corrected chi connectivity index (χ4v) is 2.65. The van der Waals surface area contributed by atoms with Crippen LogP contribution < -0.4 is 10.1 Å². The number of para-hydroxylation sites is 1. The highest BCUT2D eigenvalue weighted by Crippen LogP contribution is 2.35. The molecule has 1 aromatic heterocycles. The van der Waals surface area contributed by atoms with Crippen molar-refractivity contribution in [3.8, 4) is 5.75 Å². The smallest absolute Gasteiger partial charge is 0.404 e. The van der Waals surface area contributed by atoms with E-state index in [1.807, 2.05) is 17.6 Å². The first-order valence-corrected chi connectivity index (χ1v) is 6.05. The van der Waals surface area contributed by atoms with E-state index in [9.17, 15) is 13.2 Å². The average Bonchev–Trinajstić information content (AvgIpc) is 2.67. The van der Waals surface area contributed by atoms with Gasteiger partial charge in [0.15, 0.2) is 5.75 Å². The van der Waals surface area contributed by atoms with Crippen molar-refractivity contribution in [3.05, 3.63) is 30.0 Å². The van der Waals surface area contributed by atoms with Crippen molar-refractivity contribution >= 4 is 10.9 Å². The molecule has 1 atom stereocenters. The summed E-state index contributed by atoms with van der Waals surface area (Å²) in [7, 11) is 0. The molecule has 1 aliphatic heterocycles. The number of hydrogen-bond donors (Lipinski definition) is 1. The van der Waals surface area contributed by atoms with Crippen LogP contribution in [0.15, 0.2) is 24.3 Å². The number of nitrogens with zero attached hydrogens (tertiary/aromatic N) is 1. The van der Waals surface area contributed by atoms with Crippen molar-refractivity contribution in [1.29, 1.82) is 0 Å². The molecule has 0 bridgehead atoms. The predicted octanol–water partition coefficient (Wildman–Crippen LogP) is 3.20. The highest BCUT2D eigenvalue weighted by Gasteiger charge is 2.33. The van der Waals surface area contributed by atoms with Crippen LogP contribution in [0.1, 0.15) is 18.7 Å². The van der Waals surface area contributed by atoms with E-state index in [-0.39, 0.29) is 11.8 Å². The van der Waals surface area contributed by atoms with Crippen molar-refractivity contribution in [1.82, 2.24) is 9.88 Å². The van der Waals surface area contributed by atoms with Crippen molar-refractivity contribution in [2.75, 3.05) is 6.54 Å². The lowest BCUT2D eigenvalue weighted by atomic mass is 10.2. The van der Waals surface area contributed by atoms with Gasteiger partial charge in [0.1, 0.15) is 0 Å². The van der Waals surface area contributed by atoms with Crippen LogP contribution in [0.2, 0.25) is 0 Å². The molecule has 0 saturated carbocycles. The van der Waals surface area contributed by atoms with Crippen LogP contribution in [0.3, 0.4) is 0 Å². The van der Waals surface area contributed by atoms with Crippen molar-refractivity contribution in [2.45, 2.75) is 25.9 Å². The summed E-state index contributed by atoms with van der Waals surface area (Å²) in [6, 6.07) is 6.74. The molecule has 0 radical (unpaired) electrons. The molecule has 0 spiro atoms. The number of halogens is 3. The lowest BCUT2D eigenvalue weighted by Gasteiger charge is -2.25. The number of alkyl halides is 3. The second-order valence-electron chi connectivity index (χ2n) is 4.73. The molecular formula is C13H13F3N2O. The Bertz CT molecular complexity index is 618. The summed E-state index contributed by atoms with van der Waals surface area (Å²) < 4.78 is 43.5. The second kappa shape index (κ2) is 4.16. The Balaban J connectivity index is 2.20. The van der Waals surface area contributed by atoms with Gasteiger partial charge in [0, 0.05) is 30.2 Å². The SMILES string of the molecule is C[C@@H]1CNCc2cc3cccc(OC(F)(F)F)c3n21. The predicted molar refractivity (Wildman–Crippen MR) is 65.0 cm³/mol. The number of hydrogen-bond acceptors (Lipinski definition) is 2. The van der Waals surface area contributed by atoms with E-state index < -0.39 is 6.36 Å². The zero-order valence-corrected chi connectivity index (χ0v) is 10.3. The fourth-order valence-electron chi connectivity index (χ4n) is 2.65. The van der Waals surface area contributed by atoms with Crippen LogP contribution in [0.4, 0.5) is 13.2 Å². The molecule has 2 aromatic rings. The molecule has 102 valence electrons. The maximum absolute atomic E-state index is 12.5. The van der Waals surface area contributed by atoms with E-state index in [1.165, 1.54) is 6.07 Å². The van der Waals surface area contributed by atoms with Gasteiger partial charge in [-0.05, 0) is 19.1 Å². The first kappa shape index (κ1) is 12.3. The van der Waals surface area contributed by atoms with Gasteiger partial charge in [-0.1, -0.05) is 12.1 Å². The topological polar surface area (TPSA) is 26.2 Å². The molecule has 0 saturated heterocycles. The Labute approximate surface area is 108 Å². The number of benzene rings is 1. The largest absolute Gasteiger partial charge is 0.573 e. The summed E-state index contributed by atoms with van der Waals surface area (Å²) in [5.74, 6) is -0.134. The summed E-state index contributed by atoms with van der Waals surface area (Å²) in [6.45, 7) is 3.36. The third-order valence-corrected chi connectivity index (χ3v) is 3.31. The standard InChI is InChI=1S/C13H13F3N2O/c1-8-6-17-7-10-5-9-3-2-4-11(12(9)18(8)10)19-13(14,15)16/h2-5,8,17H,6-7H2,1H3/t8-/m1/s1. The van der Waals surface area contributed by atoms with Gasteiger partial charge in [-0.2, -0.15) is 0 Å². The molecule has 2 heterocycles. The van der Waals surface area contributed by atoms with Crippen LogP contribution >= 0.6 is 0 Å². The zero-order valence-electron chi connectivity index (χ0n) is 10.3. The minimum Gasteiger partial charge on any atom is -0.404 e. The highest BCUT2D eigenvalue weighted by atomic mass is 19.4. The number of fused-ring (bicyclic) bond motifs is 3. The maximum Gasteiger partial charge on any atom is 0.573 e. The normalized spacial score (nSPS) is 19.5. The van der Waals surface area contributed by atoms with Gasteiger partial charge >= 0.3 is 6.36 Å². The molecule has 0 amide bonds. The van der Waals surface area contributed by atoms with Crippen molar-refractivity contribution < 1.29 is 17.9 Å². The lowest BCUT2D eigenvalue weighted by Crippen LogP contribution is -2.31. The van der Waals surface area contributed by atoms with Gasteiger partial charge in [0.25, 0.3) is 0 Å². The van der Waals surface area contributed by atoms with Crippen molar-refractivity contribution in [3.63, 3.8) is 0 Å². The molecule has 0 unspecified atom stereocenters. The second-order valence-corrected chi connectivity index (χ2v) is 4.73. The van der Waals surface area contributed by atoms with E-state index in [1.54, 1.807) is 12.1 Å². The summed E-state index contributed by atoms with van der Waals surface area (Å²) >= 11 is 0. The quantitative estimate of drug-likeness (QED) is 0.861. The van der Waals surface area contributed by atoms with E-state index in [2.05, 4.69) is 10.1 Å². The number of rotatable bonds is 1. The summed E-state index contributed by atoms with van der Waals surface area (Å²) in [5, 5.41) is 4.01. The summed E-state index contributed by atoms with van der Waals surface area (Å²) in [4.78, 5) is 0. The van der Waals surface area contributed by atoms with Crippen molar-refractivity contribution in [2.24, 2.45) is 0 Å². The molecule has 1 aromatic carbocycles. The monoisotopic (exact) mass is 270 g/mol. The van der Waals surface area contributed by atoms with Crippen LogP contribution in [-0.4, -0.2) is 17.5 Å². The first-order chi connectivity index (χ1) is 8.96. The molecular weight excluding hydrogens is 257 g/mol. The van der Waals surface area contributed by atoms with Crippen LogP contribution in [0, 0.1) is 0 Å². The van der Waals surface area contributed by atoms with E-state index >= 15 is 0 Å². The fraction of sp³-hybridized carbons (Fsp3) is 0.385. The molecule has 0 aliphatic carbocycles. The van der Waals surface area contributed by atoms with E-state index in [0.717, 1.165) is 17.6 Å². The third-order valence-electron chi connectivity index (χ3n) is 3.31. The third kappa shape index (κ3) is 2.16. The summed E-state index contributed by atoms with van der Waals surface area (Å²) in [6.07, 6.45) is -4.67. The van der Waals surface area contributed by atoms with Gasteiger partial charge in [0.2, 0.25) is 0 Å². The number of aromatic nitrogens is 1. The van der Waals surface area contributed by atoms with E-state index in [4.69, 9.17) is 0 Å². The van der Waals surface area contributed by atoms with E-state index in [0.29, 0.717) is 12.1 Å². The minimum absolute atomic E-state index is 0.0965. The Morgan fingerprint density at radius 2 is 2.16 bits per heavy atom. The Morgan fingerprint density at radius 1 is 1.37 bits per heavy atom. The lowest BCUT2D eigenvalue weighted by molar-refractivity contribution is -0.274. The highest BCUT2D eigenvalue weighted by molar-refractivity contribution is 5.87. The van der Waals surface area contributed by atoms with Gasteiger partial charge in [-0.3, -0.25) is 0 Å². The molecule has 0 fully saturated rings. The molecule has 6 heteroatoms. The van der Waals surface area contributed by atoms with Gasteiger partial charge in [0.05, 0.1) is 5.52 Å². The Hall–Kier alpha value is -1.69. The molecule has 3 nitrogen and oxygen atoms in total. The first-order valence-electron chi connectivity index (χ1n) is 6.05. The molecule has 1 N–H and O–H groups in total. The average molecular weight is 270 g/mol. The molecule has 3 rings (SSSR count). The maximum atomic E-state index is 12.5. The summed E-state index contributed by atoms with van der Waals surface area (Å²) in [5.41, 5.74) is 1.50. The van der Waals surface area contributed by atoms with Gasteiger partial charge in [-0.15, -0.1) is 13.2 Å². The van der Waals surface area contributed by atoms with Gasteiger partial charge < -0.3 is 14.6 Å². The zero-order chi connectivity index (χ0) is 13.6. The molecule has 1 aliphatic rings. The van der Waals surface area contributed by atoms with Crippen LogP contribution in [0.5, 0.6) is 5.75 Å². The molecule has 19 heavy (non-hydrogen) atoms. The Morgan fingerprint density at radius 3 is 2.89 bits per heavy atom. The van der Waals surface area contributed by atoms with Crippen LogP contribution in [0.25, 0.3) is 10.9 Å². The Kier molecular flexibility index (Phi) is 2.70. The number of ether oxygens (including phenoxy) is 1. The number of nitrogens with one attached hydrogen (secondary N) is 1. The minimum atomic E-state index is -4.67. The van der Waals surface area contributed by atoms with Gasteiger partial charge in [-0.25, -0.2) is 0 Å².